The van der Waals surface area contributed by atoms with Crippen LogP contribution < -0.4 is 0 Å². The molecule has 4 heteroatoms. The highest BCUT2D eigenvalue weighted by atomic mass is 35.5. The van der Waals surface area contributed by atoms with Gasteiger partial charge in [0.05, 0.1) is 15.7 Å². The van der Waals surface area contributed by atoms with Gasteiger partial charge in [0.25, 0.3) is 0 Å². The average molecular weight is 246 g/mol. The first-order valence-corrected chi connectivity index (χ1v) is 5.45. The Hall–Kier alpha value is -0.570. The zero-order chi connectivity index (χ0) is 11.4. The monoisotopic (exact) mass is 245 g/mol. The minimum Gasteiger partial charge on any atom is -0.386 e. The van der Waals surface area contributed by atoms with Crippen LogP contribution >= 0.6 is 23.2 Å². The smallest absolute Gasteiger partial charge is 0.101 e. The molecule has 1 N–H and O–H groups in total. The first-order valence-electron chi connectivity index (χ1n) is 4.70. The van der Waals surface area contributed by atoms with Gasteiger partial charge in [0, 0.05) is 6.20 Å². The third kappa shape index (κ3) is 3.49. The molecule has 0 spiro atoms. The Kier molecular flexibility index (Phi) is 4.58. The summed E-state index contributed by atoms with van der Waals surface area (Å²) in [5, 5.41) is 10.7. The molecule has 0 aromatic carbocycles. The van der Waals surface area contributed by atoms with Crippen molar-refractivity contribution in [2.75, 3.05) is 0 Å². The third-order valence-electron chi connectivity index (χ3n) is 2.13. The predicted octanol–water partition coefficient (Wildman–Crippen LogP) is 3.78. The molecule has 1 aromatic heterocycles. The van der Waals surface area contributed by atoms with Crippen LogP contribution in [0, 0.1) is 0 Å². The Morgan fingerprint density at radius 1 is 1.60 bits per heavy atom. The fraction of sp³-hybridized carbons (Fsp3) is 0.364. The number of halogens is 2. The summed E-state index contributed by atoms with van der Waals surface area (Å²) in [6.07, 6.45) is 2.08. The van der Waals surface area contributed by atoms with Gasteiger partial charge in [-0.2, -0.15) is 0 Å². The number of hydrogen-bond donors (Lipinski definition) is 1. The van der Waals surface area contributed by atoms with E-state index in [1.807, 2.05) is 6.92 Å². The molecule has 0 saturated carbocycles. The summed E-state index contributed by atoms with van der Waals surface area (Å²) in [6, 6.07) is 1.57. The van der Waals surface area contributed by atoms with Gasteiger partial charge in [-0.3, -0.25) is 4.98 Å². The first kappa shape index (κ1) is 12.5. The molecule has 0 saturated heterocycles. The molecule has 0 aliphatic rings. The largest absolute Gasteiger partial charge is 0.386 e. The summed E-state index contributed by atoms with van der Waals surface area (Å²) in [5.41, 5.74) is 1.42. The van der Waals surface area contributed by atoms with E-state index < -0.39 is 6.10 Å². The second kappa shape index (κ2) is 5.50. The maximum Gasteiger partial charge on any atom is 0.101 e. The molecular formula is C11H13Cl2NO. The average Bonchev–Trinajstić information content (AvgIpc) is 2.17. The van der Waals surface area contributed by atoms with Crippen LogP contribution in [0.2, 0.25) is 10.0 Å². The molecule has 0 radical (unpaired) electrons. The van der Waals surface area contributed by atoms with Crippen LogP contribution in [0.4, 0.5) is 0 Å². The molecule has 0 fully saturated rings. The summed E-state index contributed by atoms with van der Waals surface area (Å²) >= 11 is 11.6. The molecule has 0 bridgehead atoms. The Morgan fingerprint density at radius 3 is 2.80 bits per heavy atom. The normalized spacial score (nSPS) is 12.5. The molecule has 82 valence electrons. The van der Waals surface area contributed by atoms with Gasteiger partial charge in [-0.15, -0.1) is 0 Å². The number of aromatic nitrogens is 1. The van der Waals surface area contributed by atoms with Crippen LogP contribution in [0.1, 0.15) is 31.6 Å². The van der Waals surface area contributed by atoms with Crippen LogP contribution in [-0.2, 0) is 0 Å². The number of pyridine rings is 1. The summed E-state index contributed by atoms with van der Waals surface area (Å²) in [7, 11) is 0. The second-order valence-corrected chi connectivity index (χ2v) is 4.19. The van der Waals surface area contributed by atoms with E-state index >= 15 is 0 Å². The number of aliphatic hydroxyl groups is 1. The van der Waals surface area contributed by atoms with E-state index in [1.165, 1.54) is 6.20 Å². The van der Waals surface area contributed by atoms with Crippen molar-refractivity contribution in [3.05, 3.63) is 40.2 Å². The van der Waals surface area contributed by atoms with E-state index in [9.17, 15) is 5.11 Å². The third-order valence-corrected chi connectivity index (χ3v) is 2.64. The molecule has 1 unspecified atom stereocenters. The number of rotatable bonds is 4. The molecule has 1 atom stereocenters. The number of aliphatic hydroxyl groups excluding tert-OH is 1. The molecule has 0 aliphatic heterocycles. The van der Waals surface area contributed by atoms with Crippen LogP contribution in [0.15, 0.2) is 24.4 Å². The van der Waals surface area contributed by atoms with Crippen molar-refractivity contribution in [2.45, 2.75) is 25.9 Å². The Balaban J connectivity index is 2.82. The Morgan fingerprint density at radius 2 is 2.27 bits per heavy atom. The molecule has 1 rings (SSSR count). The first-order chi connectivity index (χ1) is 7.04. The molecule has 0 aliphatic carbocycles. The second-order valence-electron chi connectivity index (χ2n) is 3.34. The zero-order valence-electron chi connectivity index (χ0n) is 8.50. The summed E-state index contributed by atoms with van der Waals surface area (Å²) < 4.78 is 0. The van der Waals surface area contributed by atoms with Gasteiger partial charge in [-0.05, 0) is 18.9 Å². The fourth-order valence-electron chi connectivity index (χ4n) is 1.18. The molecular weight excluding hydrogens is 233 g/mol. The maximum atomic E-state index is 9.84. The molecule has 1 heterocycles. The number of hydrogen-bond acceptors (Lipinski definition) is 2. The van der Waals surface area contributed by atoms with Crippen LogP contribution in [0.25, 0.3) is 0 Å². The van der Waals surface area contributed by atoms with Crippen molar-refractivity contribution in [1.29, 1.82) is 0 Å². The molecule has 2 nitrogen and oxygen atoms in total. The van der Waals surface area contributed by atoms with E-state index in [0.717, 1.165) is 12.0 Å². The van der Waals surface area contributed by atoms with E-state index in [-0.39, 0.29) is 0 Å². The van der Waals surface area contributed by atoms with Crippen LogP contribution in [0.5, 0.6) is 0 Å². The fourth-order valence-corrected chi connectivity index (χ4v) is 1.69. The predicted molar refractivity (Wildman–Crippen MR) is 63.3 cm³/mol. The lowest BCUT2D eigenvalue weighted by Crippen LogP contribution is -2.02. The lowest BCUT2D eigenvalue weighted by Gasteiger charge is -2.12. The SMILES string of the molecule is C=C(CC)CC(O)c1ncc(Cl)cc1Cl. The van der Waals surface area contributed by atoms with Gasteiger partial charge in [0.1, 0.15) is 6.10 Å². The van der Waals surface area contributed by atoms with Crippen LogP contribution in [-0.4, -0.2) is 10.1 Å². The van der Waals surface area contributed by atoms with E-state index in [2.05, 4.69) is 11.6 Å². The topological polar surface area (TPSA) is 33.1 Å². The molecule has 1 aromatic rings. The lowest BCUT2D eigenvalue weighted by molar-refractivity contribution is 0.173. The number of nitrogens with zero attached hydrogens (tertiary/aromatic N) is 1. The maximum absolute atomic E-state index is 9.84. The van der Waals surface area contributed by atoms with Crippen molar-refractivity contribution in [3.63, 3.8) is 0 Å². The van der Waals surface area contributed by atoms with Crippen molar-refractivity contribution >= 4 is 23.2 Å². The molecule has 15 heavy (non-hydrogen) atoms. The summed E-state index contributed by atoms with van der Waals surface area (Å²) in [6.45, 7) is 5.82. The van der Waals surface area contributed by atoms with E-state index in [4.69, 9.17) is 23.2 Å². The summed E-state index contributed by atoms with van der Waals surface area (Å²) in [5.74, 6) is 0. The van der Waals surface area contributed by atoms with Gasteiger partial charge in [-0.25, -0.2) is 0 Å². The quantitative estimate of drug-likeness (QED) is 0.820. The minimum atomic E-state index is -0.706. The highest BCUT2D eigenvalue weighted by Crippen LogP contribution is 2.27. The van der Waals surface area contributed by atoms with Crippen LogP contribution in [0.3, 0.4) is 0 Å². The Bertz CT molecular complexity index is 366. The highest BCUT2D eigenvalue weighted by molar-refractivity contribution is 6.34. The Labute approximate surface area is 99.6 Å². The van der Waals surface area contributed by atoms with E-state index in [0.29, 0.717) is 22.2 Å². The van der Waals surface area contributed by atoms with Crippen molar-refractivity contribution in [3.8, 4) is 0 Å². The summed E-state index contributed by atoms with van der Waals surface area (Å²) in [4.78, 5) is 4.01. The minimum absolute atomic E-state index is 0.388. The standard InChI is InChI=1S/C11H13Cl2NO/c1-3-7(2)4-10(15)11-9(13)5-8(12)6-14-11/h5-6,10,15H,2-4H2,1H3. The van der Waals surface area contributed by atoms with Gasteiger partial charge < -0.3 is 5.11 Å². The van der Waals surface area contributed by atoms with Crippen molar-refractivity contribution in [2.24, 2.45) is 0 Å². The van der Waals surface area contributed by atoms with Gasteiger partial charge >= 0.3 is 0 Å². The highest BCUT2D eigenvalue weighted by Gasteiger charge is 2.14. The molecule has 0 amide bonds. The van der Waals surface area contributed by atoms with E-state index in [1.54, 1.807) is 6.07 Å². The zero-order valence-corrected chi connectivity index (χ0v) is 10.0. The lowest BCUT2D eigenvalue weighted by atomic mass is 10.1. The van der Waals surface area contributed by atoms with Gasteiger partial charge in [0.2, 0.25) is 0 Å². The van der Waals surface area contributed by atoms with Gasteiger partial charge in [-0.1, -0.05) is 42.3 Å². The van der Waals surface area contributed by atoms with Gasteiger partial charge in [0.15, 0.2) is 0 Å². The van der Waals surface area contributed by atoms with Crippen molar-refractivity contribution in [1.82, 2.24) is 4.98 Å². The van der Waals surface area contributed by atoms with Crippen molar-refractivity contribution < 1.29 is 5.11 Å².